The molecule has 1 spiro atoms. The molecule has 1 aliphatic heterocycles. The highest BCUT2D eigenvalue weighted by atomic mass is 19.4. The molecule has 0 amide bonds. The highest BCUT2D eigenvalue weighted by molar-refractivity contribution is 5.86. The van der Waals surface area contributed by atoms with Crippen molar-refractivity contribution in [3.8, 4) is 0 Å². The van der Waals surface area contributed by atoms with Crippen molar-refractivity contribution < 1.29 is 27.9 Å². The predicted octanol–water partition coefficient (Wildman–Crippen LogP) is 0.572. The van der Waals surface area contributed by atoms with Gasteiger partial charge in [-0.1, -0.05) is 0 Å². The van der Waals surface area contributed by atoms with E-state index in [1.54, 1.807) is 0 Å². The molecule has 2 rings (SSSR count). The van der Waals surface area contributed by atoms with Gasteiger partial charge >= 0.3 is 12.1 Å². The summed E-state index contributed by atoms with van der Waals surface area (Å²) in [6.07, 6.45) is -3.39. The Labute approximate surface area is 83.5 Å². The van der Waals surface area contributed by atoms with Crippen LogP contribution in [0.3, 0.4) is 0 Å². The monoisotopic (exact) mass is 225 g/mol. The van der Waals surface area contributed by atoms with Crippen molar-refractivity contribution in [1.29, 1.82) is 0 Å². The third-order valence-electron chi connectivity index (χ3n) is 2.39. The number of Topliss-reactive ketones (excluding diaryl/α,β-unsaturated/α-hetero) is 1. The molecule has 0 aromatic carbocycles. The lowest BCUT2D eigenvalue weighted by Gasteiger charge is -2.48. The summed E-state index contributed by atoms with van der Waals surface area (Å²) in [5.74, 6) is -2.31. The molecule has 1 heterocycles. The Morgan fingerprint density at radius 3 is 1.80 bits per heavy atom. The molecule has 15 heavy (non-hydrogen) atoms. The maximum absolute atomic E-state index is 10.6. The SMILES string of the molecule is O=C(O)C(F)(F)F.O=C1CC2(CNC2)C1. The Morgan fingerprint density at radius 1 is 1.33 bits per heavy atom. The van der Waals surface area contributed by atoms with Crippen LogP contribution in [-0.2, 0) is 9.59 Å². The van der Waals surface area contributed by atoms with Gasteiger partial charge in [0.1, 0.15) is 5.78 Å². The van der Waals surface area contributed by atoms with Gasteiger partial charge < -0.3 is 10.4 Å². The van der Waals surface area contributed by atoms with Gasteiger partial charge in [0.25, 0.3) is 0 Å². The van der Waals surface area contributed by atoms with Gasteiger partial charge in [-0.15, -0.1) is 0 Å². The first-order valence-corrected chi connectivity index (χ1v) is 4.28. The minimum Gasteiger partial charge on any atom is -0.475 e. The van der Waals surface area contributed by atoms with E-state index in [0.29, 0.717) is 11.2 Å². The van der Waals surface area contributed by atoms with Crippen LogP contribution in [0.25, 0.3) is 0 Å². The average molecular weight is 225 g/mol. The number of carbonyl (C=O) groups is 2. The van der Waals surface area contributed by atoms with Gasteiger partial charge in [0.05, 0.1) is 0 Å². The fourth-order valence-electron chi connectivity index (χ4n) is 1.51. The minimum absolute atomic E-state index is 0.450. The van der Waals surface area contributed by atoms with Crippen molar-refractivity contribution >= 4 is 11.8 Å². The van der Waals surface area contributed by atoms with E-state index in [9.17, 15) is 18.0 Å². The summed E-state index contributed by atoms with van der Waals surface area (Å²) in [4.78, 5) is 19.4. The number of carbonyl (C=O) groups excluding carboxylic acids is 1. The molecule has 0 atom stereocenters. The molecular formula is C8H10F3NO3. The molecule has 0 aromatic rings. The molecular weight excluding hydrogens is 215 g/mol. The molecule has 2 aliphatic rings. The van der Waals surface area contributed by atoms with E-state index in [1.807, 2.05) is 0 Å². The maximum Gasteiger partial charge on any atom is 0.490 e. The number of rotatable bonds is 0. The summed E-state index contributed by atoms with van der Waals surface area (Å²) >= 11 is 0. The van der Waals surface area contributed by atoms with Crippen molar-refractivity contribution in [1.82, 2.24) is 5.32 Å². The molecule has 86 valence electrons. The second-order valence-electron chi connectivity index (χ2n) is 3.80. The summed E-state index contributed by atoms with van der Waals surface area (Å²) in [6.45, 7) is 2.16. The van der Waals surface area contributed by atoms with Gasteiger partial charge in [-0.3, -0.25) is 4.79 Å². The molecule has 0 unspecified atom stereocenters. The molecule has 1 aliphatic carbocycles. The molecule has 1 saturated heterocycles. The lowest BCUT2D eigenvalue weighted by molar-refractivity contribution is -0.192. The van der Waals surface area contributed by atoms with Gasteiger partial charge in [-0.05, 0) is 0 Å². The number of carboxylic acid groups (broad SMARTS) is 1. The van der Waals surface area contributed by atoms with Crippen LogP contribution < -0.4 is 5.32 Å². The quantitative estimate of drug-likeness (QED) is 0.632. The fourth-order valence-corrected chi connectivity index (χ4v) is 1.51. The third kappa shape index (κ3) is 2.92. The summed E-state index contributed by atoms with van der Waals surface area (Å²) < 4.78 is 31.7. The Morgan fingerprint density at radius 2 is 1.73 bits per heavy atom. The second kappa shape index (κ2) is 3.80. The Hall–Kier alpha value is -1.11. The van der Waals surface area contributed by atoms with E-state index >= 15 is 0 Å². The number of hydrogen-bond acceptors (Lipinski definition) is 3. The van der Waals surface area contributed by atoms with Crippen LogP contribution in [0.2, 0.25) is 0 Å². The van der Waals surface area contributed by atoms with E-state index in [4.69, 9.17) is 9.90 Å². The standard InChI is InChI=1S/C6H9NO.C2HF3O2/c8-5-1-6(2-5)3-7-4-6;3-2(4,5)1(6)7/h7H,1-4H2;(H,6,7). The van der Waals surface area contributed by atoms with Gasteiger partial charge in [0.15, 0.2) is 0 Å². The van der Waals surface area contributed by atoms with Crippen LogP contribution in [0.5, 0.6) is 0 Å². The summed E-state index contributed by atoms with van der Waals surface area (Å²) in [6, 6.07) is 0. The first-order chi connectivity index (χ1) is 6.75. The number of halogens is 3. The summed E-state index contributed by atoms with van der Waals surface area (Å²) in [7, 11) is 0. The molecule has 1 saturated carbocycles. The molecule has 0 aromatic heterocycles. The van der Waals surface area contributed by atoms with Gasteiger partial charge in [-0.25, -0.2) is 4.79 Å². The maximum atomic E-state index is 10.6. The van der Waals surface area contributed by atoms with Gasteiger partial charge in [0.2, 0.25) is 0 Å². The largest absolute Gasteiger partial charge is 0.490 e. The number of ketones is 1. The first kappa shape index (κ1) is 12.0. The van der Waals surface area contributed by atoms with E-state index in [2.05, 4.69) is 5.32 Å². The Kier molecular flexibility index (Phi) is 3.03. The van der Waals surface area contributed by atoms with Crippen molar-refractivity contribution in [2.75, 3.05) is 13.1 Å². The molecule has 0 radical (unpaired) electrons. The van der Waals surface area contributed by atoms with Crippen molar-refractivity contribution in [2.24, 2.45) is 5.41 Å². The second-order valence-corrected chi connectivity index (χ2v) is 3.80. The summed E-state index contributed by atoms with van der Waals surface area (Å²) in [5, 5.41) is 10.3. The topological polar surface area (TPSA) is 66.4 Å². The number of nitrogens with one attached hydrogen (secondary N) is 1. The van der Waals surface area contributed by atoms with Crippen LogP contribution in [0.15, 0.2) is 0 Å². The number of hydrogen-bond donors (Lipinski definition) is 2. The molecule has 2 N–H and O–H groups in total. The van der Waals surface area contributed by atoms with E-state index in [-0.39, 0.29) is 0 Å². The number of alkyl halides is 3. The van der Waals surface area contributed by atoms with Crippen molar-refractivity contribution in [2.45, 2.75) is 19.0 Å². The van der Waals surface area contributed by atoms with Crippen molar-refractivity contribution in [3.63, 3.8) is 0 Å². The molecule has 2 fully saturated rings. The average Bonchev–Trinajstić information content (AvgIpc) is 1.94. The highest BCUT2D eigenvalue weighted by Crippen LogP contribution is 2.40. The smallest absolute Gasteiger partial charge is 0.475 e. The number of carboxylic acids is 1. The Balaban J connectivity index is 0.000000153. The molecule has 7 heteroatoms. The first-order valence-electron chi connectivity index (χ1n) is 4.28. The summed E-state index contributed by atoms with van der Waals surface area (Å²) in [5.41, 5.74) is 0.455. The van der Waals surface area contributed by atoms with E-state index < -0.39 is 12.1 Å². The van der Waals surface area contributed by atoms with Gasteiger partial charge in [0, 0.05) is 31.3 Å². The van der Waals surface area contributed by atoms with Crippen LogP contribution in [0, 0.1) is 5.41 Å². The Bertz CT molecular complexity index is 273. The third-order valence-corrected chi connectivity index (χ3v) is 2.39. The lowest BCUT2D eigenvalue weighted by Crippen LogP contribution is -2.60. The van der Waals surface area contributed by atoms with Crippen LogP contribution in [0.1, 0.15) is 12.8 Å². The zero-order valence-corrected chi connectivity index (χ0v) is 7.73. The highest BCUT2D eigenvalue weighted by Gasteiger charge is 2.47. The van der Waals surface area contributed by atoms with Crippen LogP contribution >= 0.6 is 0 Å². The van der Waals surface area contributed by atoms with E-state index in [0.717, 1.165) is 25.9 Å². The minimum atomic E-state index is -5.08. The van der Waals surface area contributed by atoms with Crippen LogP contribution in [-0.4, -0.2) is 36.1 Å². The molecule has 4 nitrogen and oxygen atoms in total. The number of aliphatic carboxylic acids is 1. The van der Waals surface area contributed by atoms with Crippen LogP contribution in [0.4, 0.5) is 13.2 Å². The zero-order chi connectivity index (χ0) is 11.7. The zero-order valence-electron chi connectivity index (χ0n) is 7.73. The normalized spacial score (nSPS) is 22.2. The van der Waals surface area contributed by atoms with Gasteiger partial charge in [-0.2, -0.15) is 13.2 Å². The lowest BCUT2D eigenvalue weighted by atomic mass is 9.64. The molecule has 0 bridgehead atoms. The van der Waals surface area contributed by atoms with E-state index in [1.165, 1.54) is 0 Å². The van der Waals surface area contributed by atoms with Crippen molar-refractivity contribution in [3.05, 3.63) is 0 Å². The predicted molar refractivity (Wildman–Crippen MR) is 43.2 cm³/mol. The fraction of sp³-hybridized carbons (Fsp3) is 0.750.